The van der Waals surface area contributed by atoms with Crippen LogP contribution in [-0.2, 0) is 0 Å². The topological polar surface area (TPSA) is 46.9 Å². The molecule has 2 heterocycles. The number of nitrogens with zero attached hydrogens (tertiary/aromatic N) is 2. The maximum atomic E-state index is 12.4. The highest BCUT2D eigenvalue weighted by Crippen LogP contribution is 2.33. The van der Waals surface area contributed by atoms with Crippen LogP contribution in [0.2, 0.25) is 0 Å². The fourth-order valence-corrected chi connectivity index (χ4v) is 2.94. The zero-order chi connectivity index (χ0) is 13.9. The van der Waals surface area contributed by atoms with Gasteiger partial charge in [-0.1, -0.05) is 13.3 Å². The maximum absolute atomic E-state index is 12.4. The molecule has 4 nitrogen and oxygen atoms in total. The van der Waals surface area contributed by atoms with Crippen LogP contribution in [0.25, 0.3) is 11.3 Å². The van der Waals surface area contributed by atoms with Gasteiger partial charge >= 0.3 is 0 Å². The fourth-order valence-electron chi connectivity index (χ4n) is 2.20. The second kappa shape index (κ2) is 5.79. The minimum Gasteiger partial charge on any atom is -0.362 e. The van der Waals surface area contributed by atoms with Crippen molar-refractivity contribution in [3.05, 3.63) is 34.1 Å². The lowest BCUT2D eigenvalue weighted by Gasteiger charge is -2.04. The van der Waals surface area contributed by atoms with E-state index in [1.165, 1.54) is 0 Å². The van der Waals surface area contributed by atoms with Gasteiger partial charge in [0.1, 0.15) is 0 Å². The molecule has 0 aliphatic heterocycles. The minimum atomic E-state index is 0.0837. The van der Waals surface area contributed by atoms with E-state index in [2.05, 4.69) is 17.2 Å². The van der Waals surface area contributed by atoms with Crippen molar-refractivity contribution in [1.82, 2.24) is 9.55 Å². The zero-order valence-corrected chi connectivity index (χ0v) is 12.4. The van der Waals surface area contributed by atoms with Crippen molar-refractivity contribution in [3.63, 3.8) is 0 Å². The quantitative estimate of drug-likeness (QED) is 0.828. The van der Waals surface area contributed by atoms with E-state index in [0.717, 1.165) is 43.1 Å². The van der Waals surface area contributed by atoms with Crippen LogP contribution in [0.1, 0.15) is 38.6 Å². The van der Waals surface area contributed by atoms with Gasteiger partial charge in [-0.25, -0.2) is 4.98 Å². The van der Waals surface area contributed by atoms with Crippen molar-refractivity contribution < 1.29 is 0 Å². The first-order valence-corrected chi connectivity index (χ1v) is 8.08. The van der Waals surface area contributed by atoms with E-state index in [1.807, 2.05) is 28.3 Å². The third-order valence-corrected chi connectivity index (χ3v) is 4.30. The molecule has 1 fully saturated rings. The number of nitrogens with one attached hydrogen (secondary N) is 1. The van der Waals surface area contributed by atoms with Gasteiger partial charge in [0, 0.05) is 24.2 Å². The predicted molar refractivity (Wildman–Crippen MR) is 83.5 cm³/mol. The van der Waals surface area contributed by atoms with Gasteiger partial charge in [0.15, 0.2) is 5.13 Å². The summed E-state index contributed by atoms with van der Waals surface area (Å²) < 4.78 is 1.85. The van der Waals surface area contributed by atoms with Crippen LogP contribution in [-0.4, -0.2) is 16.1 Å². The predicted octanol–water partition coefficient (Wildman–Crippen LogP) is 3.52. The lowest BCUT2D eigenvalue weighted by atomic mass is 10.2. The summed E-state index contributed by atoms with van der Waals surface area (Å²) in [6, 6.07) is 4.22. The largest absolute Gasteiger partial charge is 0.362 e. The normalized spacial score (nSPS) is 14.4. The van der Waals surface area contributed by atoms with Crippen LogP contribution in [0.4, 0.5) is 5.13 Å². The molecule has 0 atom stereocenters. The van der Waals surface area contributed by atoms with Crippen LogP contribution in [0.15, 0.2) is 28.5 Å². The summed E-state index contributed by atoms with van der Waals surface area (Å²) in [4.78, 5) is 17.0. The van der Waals surface area contributed by atoms with Crippen molar-refractivity contribution in [3.8, 4) is 11.3 Å². The number of anilines is 1. The second-order valence-corrected chi connectivity index (χ2v) is 6.04. The molecule has 3 rings (SSSR count). The highest BCUT2D eigenvalue weighted by atomic mass is 32.1. The molecule has 0 spiro atoms. The Kier molecular flexibility index (Phi) is 3.87. The van der Waals surface area contributed by atoms with Gasteiger partial charge in [0.25, 0.3) is 5.56 Å². The van der Waals surface area contributed by atoms with Crippen LogP contribution < -0.4 is 10.9 Å². The maximum Gasteiger partial charge on any atom is 0.260 e. The monoisotopic (exact) mass is 289 g/mol. The Morgan fingerprint density at radius 1 is 1.50 bits per heavy atom. The molecule has 5 heteroatoms. The third kappa shape index (κ3) is 2.77. The summed E-state index contributed by atoms with van der Waals surface area (Å²) in [5.74, 6) is 0. The zero-order valence-electron chi connectivity index (χ0n) is 11.6. The average molecular weight is 289 g/mol. The number of thiazole rings is 1. The molecule has 0 aromatic carbocycles. The number of hydrogen-bond donors (Lipinski definition) is 1. The number of aromatic nitrogens is 2. The lowest BCUT2D eigenvalue weighted by Crippen LogP contribution is -2.19. The molecule has 0 saturated heterocycles. The Hall–Kier alpha value is -1.62. The second-order valence-electron chi connectivity index (χ2n) is 5.18. The van der Waals surface area contributed by atoms with Crippen LogP contribution >= 0.6 is 11.3 Å². The van der Waals surface area contributed by atoms with Crippen LogP contribution in [0.5, 0.6) is 0 Å². The van der Waals surface area contributed by atoms with E-state index in [4.69, 9.17) is 0 Å². The summed E-state index contributed by atoms with van der Waals surface area (Å²) >= 11 is 1.56. The fraction of sp³-hybridized carbons (Fsp3) is 0.467. The van der Waals surface area contributed by atoms with Gasteiger partial charge in [-0.15, -0.1) is 11.3 Å². The number of rotatable bonds is 6. The van der Waals surface area contributed by atoms with Gasteiger partial charge in [-0.3, -0.25) is 4.79 Å². The highest BCUT2D eigenvalue weighted by molar-refractivity contribution is 7.14. The molecule has 0 radical (unpaired) electrons. The number of pyridine rings is 1. The van der Waals surface area contributed by atoms with Gasteiger partial charge in [0.2, 0.25) is 0 Å². The minimum absolute atomic E-state index is 0.0837. The van der Waals surface area contributed by atoms with E-state index in [-0.39, 0.29) is 5.56 Å². The lowest BCUT2D eigenvalue weighted by molar-refractivity contribution is 0.709. The molecule has 106 valence electrons. The van der Waals surface area contributed by atoms with Crippen molar-refractivity contribution in [2.24, 2.45) is 0 Å². The van der Waals surface area contributed by atoms with Crippen molar-refractivity contribution in [2.75, 3.05) is 11.9 Å². The van der Waals surface area contributed by atoms with Crippen LogP contribution in [0.3, 0.4) is 0 Å². The standard InChI is InChI=1S/C15H19N3OS/c1-2-3-8-16-15-17-13(10-20-15)12-5-4-9-18(14(12)19)11-6-7-11/h4-5,9-11H,2-3,6-8H2,1H3,(H,16,17). The molecule has 1 N–H and O–H groups in total. The first kappa shape index (κ1) is 13.4. The van der Waals surface area contributed by atoms with Crippen molar-refractivity contribution >= 4 is 16.5 Å². The Morgan fingerprint density at radius 2 is 2.35 bits per heavy atom. The summed E-state index contributed by atoms with van der Waals surface area (Å²) in [5, 5.41) is 6.16. The summed E-state index contributed by atoms with van der Waals surface area (Å²) in [7, 11) is 0. The molecule has 1 aliphatic carbocycles. The van der Waals surface area contributed by atoms with E-state index in [1.54, 1.807) is 11.3 Å². The summed E-state index contributed by atoms with van der Waals surface area (Å²) in [5.41, 5.74) is 1.58. The Bertz CT molecular complexity index is 643. The molecule has 2 aromatic heterocycles. The van der Waals surface area contributed by atoms with E-state index < -0.39 is 0 Å². The molecular weight excluding hydrogens is 270 g/mol. The van der Waals surface area contributed by atoms with E-state index >= 15 is 0 Å². The van der Waals surface area contributed by atoms with Crippen molar-refractivity contribution in [2.45, 2.75) is 38.6 Å². The Balaban J connectivity index is 1.82. The number of unbranched alkanes of at least 4 members (excludes halogenated alkanes) is 1. The first-order valence-electron chi connectivity index (χ1n) is 7.20. The molecule has 2 aromatic rings. The molecular formula is C15H19N3OS. The summed E-state index contributed by atoms with van der Waals surface area (Å²) in [6.07, 6.45) is 6.41. The molecule has 1 aliphatic rings. The SMILES string of the molecule is CCCCNc1nc(-c2cccn(C3CC3)c2=O)cs1. The molecule has 20 heavy (non-hydrogen) atoms. The van der Waals surface area contributed by atoms with Gasteiger partial charge in [-0.05, 0) is 31.4 Å². The summed E-state index contributed by atoms with van der Waals surface area (Å²) in [6.45, 7) is 3.10. The van der Waals surface area contributed by atoms with Crippen molar-refractivity contribution in [1.29, 1.82) is 0 Å². The third-order valence-electron chi connectivity index (χ3n) is 3.50. The van der Waals surface area contributed by atoms with Gasteiger partial charge in [-0.2, -0.15) is 0 Å². The average Bonchev–Trinajstić information content (AvgIpc) is 3.19. The van der Waals surface area contributed by atoms with Crippen LogP contribution in [0, 0.1) is 0 Å². The first-order chi connectivity index (χ1) is 9.79. The van der Waals surface area contributed by atoms with Gasteiger partial charge in [0.05, 0.1) is 11.3 Å². The Labute approximate surface area is 122 Å². The van der Waals surface area contributed by atoms with E-state index in [0.29, 0.717) is 11.6 Å². The molecule has 0 unspecified atom stereocenters. The molecule has 0 bridgehead atoms. The highest BCUT2D eigenvalue weighted by Gasteiger charge is 2.25. The van der Waals surface area contributed by atoms with Gasteiger partial charge < -0.3 is 9.88 Å². The Morgan fingerprint density at radius 3 is 3.10 bits per heavy atom. The van der Waals surface area contributed by atoms with E-state index in [9.17, 15) is 4.79 Å². The molecule has 1 saturated carbocycles. The number of hydrogen-bond acceptors (Lipinski definition) is 4. The molecule has 0 amide bonds. The smallest absolute Gasteiger partial charge is 0.260 e.